The number of nitrogens with two attached hydrogens (primary N) is 1. The third kappa shape index (κ3) is 5.98. The van der Waals surface area contributed by atoms with Gasteiger partial charge >= 0.3 is 0 Å². The Morgan fingerprint density at radius 1 is 1.25 bits per heavy atom. The zero-order chi connectivity index (χ0) is 16.7. The molecular weight excluding hydrogens is 324 g/mol. The van der Waals surface area contributed by atoms with Crippen LogP contribution in [0.25, 0.3) is 11.3 Å². The van der Waals surface area contributed by atoms with E-state index < -0.39 is 6.04 Å². The second-order valence-corrected chi connectivity index (χ2v) is 6.00. The minimum absolute atomic E-state index is 0. The molecule has 0 fully saturated rings. The van der Waals surface area contributed by atoms with Crippen molar-refractivity contribution in [2.75, 3.05) is 13.6 Å². The number of nitrogens with one attached hydrogen (secondary N) is 1. The maximum absolute atomic E-state index is 11.7. The number of aromatic amines is 1. The van der Waals surface area contributed by atoms with Crippen LogP contribution in [0.2, 0.25) is 0 Å². The van der Waals surface area contributed by atoms with Crippen molar-refractivity contribution in [3.05, 3.63) is 42.1 Å². The molecular formula is C18H27ClN4O. The molecule has 0 aliphatic carbocycles. The lowest BCUT2D eigenvalue weighted by molar-refractivity contribution is -0.130. The van der Waals surface area contributed by atoms with E-state index in [1.807, 2.05) is 25.2 Å². The third-order valence-electron chi connectivity index (χ3n) is 3.91. The highest BCUT2D eigenvalue weighted by atomic mass is 35.5. The van der Waals surface area contributed by atoms with Gasteiger partial charge in [-0.05, 0) is 32.3 Å². The second kappa shape index (κ2) is 10.1. The van der Waals surface area contributed by atoms with Crippen LogP contribution in [0.15, 0.2) is 36.4 Å². The monoisotopic (exact) mass is 350 g/mol. The molecule has 0 radical (unpaired) electrons. The molecule has 0 saturated carbocycles. The number of aromatic nitrogens is 2. The Hall–Kier alpha value is -1.85. The highest BCUT2D eigenvalue weighted by Crippen LogP contribution is 2.17. The van der Waals surface area contributed by atoms with Gasteiger partial charge in [0.1, 0.15) is 0 Å². The Morgan fingerprint density at radius 2 is 1.96 bits per heavy atom. The maximum Gasteiger partial charge on any atom is 0.238 e. The first kappa shape index (κ1) is 20.2. The summed E-state index contributed by atoms with van der Waals surface area (Å²) in [5.74, 6) is 0.00562. The zero-order valence-electron chi connectivity index (χ0n) is 14.4. The van der Waals surface area contributed by atoms with E-state index in [9.17, 15) is 4.79 Å². The van der Waals surface area contributed by atoms with Crippen LogP contribution in [-0.4, -0.2) is 40.6 Å². The van der Waals surface area contributed by atoms with E-state index in [4.69, 9.17) is 5.73 Å². The molecule has 1 heterocycles. The van der Waals surface area contributed by atoms with Crippen LogP contribution in [0.1, 0.15) is 31.9 Å². The van der Waals surface area contributed by atoms with Crippen LogP contribution in [0.4, 0.5) is 0 Å². The number of H-pyrrole nitrogens is 1. The number of nitrogens with zero attached hydrogens (tertiary/aromatic N) is 2. The first-order valence-electron chi connectivity index (χ1n) is 8.18. The van der Waals surface area contributed by atoms with Crippen molar-refractivity contribution >= 4 is 18.3 Å². The van der Waals surface area contributed by atoms with E-state index >= 15 is 0 Å². The normalized spacial score (nSPS) is 11.6. The molecule has 24 heavy (non-hydrogen) atoms. The van der Waals surface area contributed by atoms with Gasteiger partial charge in [-0.3, -0.25) is 9.89 Å². The van der Waals surface area contributed by atoms with Crippen molar-refractivity contribution in [3.63, 3.8) is 0 Å². The van der Waals surface area contributed by atoms with E-state index in [1.165, 1.54) is 0 Å². The van der Waals surface area contributed by atoms with Crippen molar-refractivity contribution in [2.24, 2.45) is 5.73 Å². The lowest BCUT2D eigenvalue weighted by atomic mass is 10.1. The summed E-state index contributed by atoms with van der Waals surface area (Å²) in [6, 6.07) is 11.9. The fourth-order valence-electron chi connectivity index (χ4n) is 2.55. The number of rotatable bonds is 8. The van der Waals surface area contributed by atoms with Gasteiger partial charge in [0, 0.05) is 24.8 Å². The molecule has 5 nitrogen and oxygen atoms in total. The summed E-state index contributed by atoms with van der Waals surface area (Å²) in [6.45, 7) is 2.49. The first-order valence-corrected chi connectivity index (χ1v) is 8.18. The molecule has 2 aromatic rings. The summed E-state index contributed by atoms with van der Waals surface area (Å²) in [6.07, 6.45) is 4.13. The summed E-state index contributed by atoms with van der Waals surface area (Å²) in [7, 11) is 1.81. The van der Waals surface area contributed by atoms with E-state index in [0.717, 1.165) is 49.2 Å². The van der Waals surface area contributed by atoms with Crippen molar-refractivity contribution in [3.8, 4) is 11.3 Å². The third-order valence-corrected chi connectivity index (χ3v) is 3.91. The summed E-state index contributed by atoms with van der Waals surface area (Å²) < 4.78 is 0. The van der Waals surface area contributed by atoms with Gasteiger partial charge in [0.25, 0.3) is 0 Å². The summed E-state index contributed by atoms with van der Waals surface area (Å²) in [4.78, 5) is 13.4. The molecule has 3 N–H and O–H groups in total. The smallest absolute Gasteiger partial charge is 0.238 e. The fourth-order valence-corrected chi connectivity index (χ4v) is 2.55. The van der Waals surface area contributed by atoms with Gasteiger partial charge in [0.05, 0.1) is 11.7 Å². The number of amides is 1. The molecule has 2 rings (SSSR count). The topological polar surface area (TPSA) is 75.0 Å². The van der Waals surface area contributed by atoms with Gasteiger partial charge in [0.15, 0.2) is 0 Å². The molecule has 6 heteroatoms. The van der Waals surface area contributed by atoms with Crippen molar-refractivity contribution in [1.82, 2.24) is 15.1 Å². The Kier molecular flexibility index (Phi) is 8.50. The maximum atomic E-state index is 11.7. The molecule has 1 aromatic heterocycles. The average molecular weight is 351 g/mol. The van der Waals surface area contributed by atoms with E-state index in [2.05, 4.69) is 28.4 Å². The van der Waals surface area contributed by atoms with Crippen LogP contribution in [0.5, 0.6) is 0 Å². The molecule has 1 aromatic carbocycles. The Labute approximate surface area is 150 Å². The number of benzene rings is 1. The van der Waals surface area contributed by atoms with Crippen LogP contribution >= 0.6 is 12.4 Å². The Balaban J connectivity index is 0.00000288. The predicted octanol–water partition coefficient (Wildman–Crippen LogP) is 3.02. The molecule has 1 unspecified atom stereocenters. The quantitative estimate of drug-likeness (QED) is 0.718. The highest BCUT2D eigenvalue weighted by molar-refractivity contribution is 5.85. The molecule has 0 aliphatic heterocycles. The molecule has 132 valence electrons. The summed E-state index contributed by atoms with van der Waals surface area (Å²) >= 11 is 0. The molecule has 0 spiro atoms. The van der Waals surface area contributed by atoms with Crippen molar-refractivity contribution in [1.29, 1.82) is 0 Å². The number of halogens is 1. The van der Waals surface area contributed by atoms with Gasteiger partial charge in [-0.2, -0.15) is 5.10 Å². The number of likely N-dealkylation sites (N-methyl/N-ethyl adjacent to an activating group) is 1. The van der Waals surface area contributed by atoms with E-state index in [0.29, 0.717) is 0 Å². The number of unbranched alkanes of at least 4 members (excludes halogenated alkanes) is 2. The summed E-state index contributed by atoms with van der Waals surface area (Å²) in [5.41, 5.74) is 8.87. The van der Waals surface area contributed by atoms with Crippen LogP contribution in [0, 0.1) is 0 Å². The number of carbonyl (C=O) groups excluding carboxylic acids is 1. The van der Waals surface area contributed by atoms with E-state index in [-0.39, 0.29) is 18.3 Å². The summed E-state index contributed by atoms with van der Waals surface area (Å²) in [5, 5.41) is 7.47. The van der Waals surface area contributed by atoms with Gasteiger partial charge in [0.2, 0.25) is 5.91 Å². The molecule has 0 bridgehead atoms. The average Bonchev–Trinajstić information content (AvgIpc) is 3.03. The molecule has 1 amide bonds. The van der Waals surface area contributed by atoms with Gasteiger partial charge in [-0.25, -0.2) is 0 Å². The SMILES string of the molecule is CC(N)C(=O)N(C)CCCCCc1cc(-c2ccccc2)n[nH]1.Cl. The Morgan fingerprint density at radius 3 is 2.62 bits per heavy atom. The largest absolute Gasteiger partial charge is 0.344 e. The molecule has 0 aliphatic rings. The minimum atomic E-state index is -0.415. The number of hydrogen-bond acceptors (Lipinski definition) is 3. The van der Waals surface area contributed by atoms with Crippen molar-refractivity contribution < 1.29 is 4.79 Å². The molecule has 0 saturated heterocycles. The van der Waals surface area contributed by atoms with Crippen LogP contribution in [0.3, 0.4) is 0 Å². The standard InChI is InChI=1S/C18H26N4O.ClH/c1-14(19)18(23)22(2)12-8-4-7-11-16-13-17(21-20-16)15-9-5-3-6-10-15;/h3,5-6,9-10,13-14H,4,7-8,11-12,19H2,1-2H3,(H,20,21);1H. The van der Waals surface area contributed by atoms with Crippen molar-refractivity contribution in [2.45, 2.75) is 38.6 Å². The minimum Gasteiger partial charge on any atom is -0.344 e. The highest BCUT2D eigenvalue weighted by Gasteiger charge is 2.12. The lowest BCUT2D eigenvalue weighted by Crippen LogP contribution is -2.40. The van der Waals surface area contributed by atoms with Gasteiger partial charge < -0.3 is 10.6 Å². The van der Waals surface area contributed by atoms with Crippen LogP contribution < -0.4 is 5.73 Å². The zero-order valence-corrected chi connectivity index (χ0v) is 15.2. The predicted molar refractivity (Wildman–Crippen MR) is 100 cm³/mol. The van der Waals surface area contributed by atoms with Gasteiger partial charge in [-0.15, -0.1) is 12.4 Å². The number of hydrogen-bond donors (Lipinski definition) is 2. The molecule has 1 atom stereocenters. The van der Waals surface area contributed by atoms with Crippen LogP contribution in [-0.2, 0) is 11.2 Å². The second-order valence-electron chi connectivity index (χ2n) is 6.00. The first-order chi connectivity index (χ1) is 11.1. The fraction of sp³-hybridized carbons (Fsp3) is 0.444. The lowest BCUT2D eigenvalue weighted by Gasteiger charge is -2.18. The van der Waals surface area contributed by atoms with E-state index in [1.54, 1.807) is 11.8 Å². The number of aryl methyl sites for hydroxylation is 1. The van der Waals surface area contributed by atoms with Gasteiger partial charge in [-0.1, -0.05) is 36.8 Å². The Bertz CT molecular complexity index is 612. The number of carbonyl (C=O) groups is 1.